The molecule has 2 heterocycles. The Morgan fingerprint density at radius 2 is 2.04 bits per heavy atom. The fourth-order valence-electron chi connectivity index (χ4n) is 3.19. The number of ether oxygens (including phenoxy) is 1. The Balaban J connectivity index is 1.64. The number of carbonyl (C=O) groups is 1. The van der Waals surface area contributed by atoms with Crippen molar-refractivity contribution >= 4 is 5.91 Å². The smallest absolute Gasteiger partial charge is 0.230 e. The van der Waals surface area contributed by atoms with Crippen molar-refractivity contribution in [1.82, 2.24) is 14.9 Å². The Kier molecular flexibility index (Phi) is 5.25. The van der Waals surface area contributed by atoms with E-state index in [0.29, 0.717) is 32.6 Å². The van der Waals surface area contributed by atoms with E-state index in [1.165, 1.54) is 12.1 Å². The molecule has 6 heteroatoms. The molecule has 1 aliphatic rings. The van der Waals surface area contributed by atoms with Crippen LogP contribution in [0.4, 0.5) is 4.39 Å². The van der Waals surface area contributed by atoms with E-state index >= 15 is 0 Å². The molecule has 24 heavy (non-hydrogen) atoms. The molecular weight excluding hydrogens is 309 g/mol. The molecule has 1 aromatic carbocycles. The molecule has 0 atom stereocenters. The van der Waals surface area contributed by atoms with Crippen LogP contribution in [-0.2, 0) is 21.5 Å². The maximum atomic E-state index is 13.2. The van der Waals surface area contributed by atoms with E-state index in [1.54, 1.807) is 24.7 Å². The van der Waals surface area contributed by atoms with Gasteiger partial charge in [-0.25, -0.2) is 9.37 Å². The van der Waals surface area contributed by atoms with Crippen molar-refractivity contribution in [3.63, 3.8) is 0 Å². The maximum absolute atomic E-state index is 13.2. The lowest BCUT2D eigenvalue weighted by atomic mass is 9.73. The van der Waals surface area contributed by atoms with Crippen LogP contribution in [0.1, 0.15) is 24.8 Å². The van der Waals surface area contributed by atoms with Gasteiger partial charge in [-0.1, -0.05) is 12.1 Å². The zero-order chi connectivity index (χ0) is 16.8. The van der Waals surface area contributed by atoms with Gasteiger partial charge in [0.25, 0.3) is 0 Å². The summed E-state index contributed by atoms with van der Waals surface area (Å²) in [6, 6.07) is 6.26. The number of aryl methyl sites for hydroxylation is 1. The van der Waals surface area contributed by atoms with Crippen molar-refractivity contribution in [3.05, 3.63) is 54.4 Å². The molecule has 1 fully saturated rings. The topological polar surface area (TPSA) is 56.2 Å². The summed E-state index contributed by atoms with van der Waals surface area (Å²) in [4.78, 5) is 16.9. The first-order valence-corrected chi connectivity index (χ1v) is 8.28. The first-order chi connectivity index (χ1) is 11.7. The van der Waals surface area contributed by atoms with Gasteiger partial charge >= 0.3 is 0 Å². The van der Waals surface area contributed by atoms with Crippen molar-refractivity contribution in [2.75, 3.05) is 19.8 Å². The van der Waals surface area contributed by atoms with Gasteiger partial charge in [-0.2, -0.15) is 0 Å². The van der Waals surface area contributed by atoms with Crippen molar-refractivity contribution in [1.29, 1.82) is 0 Å². The summed E-state index contributed by atoms with van der Waals surface area (Å²) in [5.41, 5.74) is 0.236. The van der Waals surface area contributed by atoms with Crippen LogP contribution in [0.25, 0.3) is 0 Å². The fourth-order valence-corrected chi connectivity index (χ4v) is 3.19. The van der Waals surface area contributed by atoms with E-state index in [0.717, 1.165) is 18.5 Å². The van der Waals surface area contributed by atoms with Crippen LogP contribution in [0, 0.1) is 5.82 Å². The molecule has 0 aliphatic carbocycles. The number of imidazole rings is 1. The van der Waals surface area contributed by atoms with Crippen LogP contribution < -0.4 is 5.32 Å². The van der Waals surface area contributed by atoms with Crippen molar-refractivity contribution in [3.8, 4) is 0 Å². The third-order valence-corrected chi connectivity index (χ3v) is 4.62. The minimum atomic E-state index is -0.624. The van der Waals surface area contributed by atoms with E-state index in [2.05, 4.69) is 10.3 Å². The van der Waals surface area contributed by atoms with Crippen LogP contribution in [-0.4, -0.2) is 35.2 Å². The maximum Gasteiger partial charge on any atom is 0.230 e. The normalized spacial score (nSPS) is 16.7. The number of benzene rings is 1. The molecule has 0 spiro atoms. The zero-order valence-corrected chi connectivity index (χ0v) is 13.6. The molecule has 128 valence electrons. The lowest BCUT2D eigenvalue weighted by molar-refractivity contribution is -0.130. The Morgan fingerprint density at radius 1 is 1.29 bits per heavy atom. The van der Waals surface area contributed by atoms with E-state index in [-0.39, 0.29) is 11.7 Å². The number of carbonyl (C=O) groups excluding carboxylic acids is 1. The van der Waals surface area contributed by atoms with Gasteiger partial charge in [0.1, 0.15) is 5.82 Å². The second-order valence-corrected chi connectivity index (χ2v) is 6.11. The number of halogens is 1. The number of hydrogen-bond donors (Lipinski definition) is 1. The van der Waals surface area contributed by atoms with Crippen LogP contribution >= 0.6 is 0 Å². The quantitative estimate of drug-likeness (QED) is 0.826. The molecule has 1 N–H and O–H groups in total. The zero-order valence-electron chi connectivity index (χ0n) is 13.6. The van der Waals surface area contributed by atoms with Gasteiger partial charge in [0.15, 0.2) is 0 Å². The summed E-state index contributed by atoms with van der Waals surface area (Å²) in [6.45, 7) is 2.49. The van der Waals surface area contributed by atoms with Crippen molar-refractivity contribution in [2.24, 2.45) is 0 Å². The highest BCUT2D eigenvalue weighted by atomic mass is 19.1. The van der Waals surface area contributed by atoms with Gasteiger partial charge in [0.2, 0.25) is 5.91 Å². The minimum Gasteiger partial charge on any atom is -0.381 e. The molecule has 0 bridgehead atoms. The summed E-state index contributed by atoms with van der Waals surface area (Å²) >= 11 is 0. The Labute approximate surface area is 140 Å². The molecule has 1 saturated heterocycles. The Morgan fingerprint density at radius 3 is 2.71 bits per heavy atom. The number of amides is 1. The van der Waals surface area contributed by atoms with Gasteiger partial charge in [-0.15, -0.1) is 0 Å². The minimum absolute atomic E-state index is 0.00281. The summed E-state index contributed by atoms with van der Waals surface area (Å²) < 4.78 is 20.6. The van der Waals surface area contributed by atoms with E-state index in [4.69, 9.17) is 4.74 Å². The summed E-state index contributed by atoms with van der Waals surface area (Å²) in [7, 11) is 0. The standard InChI is InChI=1S/C18H22FN3O2/c19-16-4-2-15(3-5-16)18(6-12-24-13-7-18)17(23)21-8-1-10-22-11-9-20-14-22/h2-5,9,11,14H,1,6-8,10,12-13H2,(H,21,23). The summed E-state index contributed by atoms with van der Waals surface area (Å²) in [5, 5.41) is 3.05. The first-order valence-electron chi connectivity index (χ1n) is 8.28. The second kappa shape index (κ2) is 7.57. The molecule has 2 aromatic rings. The van der Waals surface area contributed by atoms with Crippen LogP contribution in [0.3, 0.4) is 0 Å². The second-order valence-electron chi connectivity index (χ2n) is 6.11. The monoisotopic (exact) mass is 331 g/mol. The highest BCUT2D eigenvalue weighted by Crippen LogP contribution is 2.35. The third kappa shape index (κ3) is 3.64. The first kappa shape index (κ1) is 16.6. The number of hydrogen-bond acceptors (Lipinski definition) is 3. The predicted molar refractivity (Wildman–Crippen MR) is 88.0 cm³/mol. The van der Waals surface area contributed by atoms with Gasteiger partial charge in [-0.05, 0) is 37.0 Å². The number of nitrogens with zero attached hydrogens (tertiary/aromatic N) is 2. The molecule has 0 saturated carbocycles. The average Bonchev–Trinajstić information content (AvgIpc) is 3.13. The van der Waals surface area contributed by atoms with Crippen LogP contribution in [0.5, 0.6) is 0 Å². The molecule has 0 radical (unpaired) electrons. The molecular formula is C18H22FN3O2. The van der Waals surface area contributed by atoms with Crippen LogP contribution in [0.15, 0.2) is 43.0 Å². The molecule has 0 unspecified atom stereocenters. The highest BCUT2D eigenvalue weighted by Gasteiger charge is 2.41. The molecule has 1 aromatic heterocycles. The van der Waals surface area contributed by atoms with Crippen molar-refractivity contribution in [2.45, 2.75) is 31.2 Å². The summed E-state index contributed by atoms with van der Waals surface area (Å²) in [5.74, 6) is -0.287. The van der Waals surface area contributed by atoms with E-state index < -0.39 is 5.41 Å². The summed E-state index contributed by atoms with van der Waals surface area (Å²) in [6.07, 6.45) is 7.47. The Bertz CT molecular complexity index is 649. The van der Waals surface area contributed by atoms with Gasteiger partial charge < -0.3 is 14.6 Å². The highest BCUT2D eigenvalue weighted by molar-refractivity contribution is 5.88. The molecule has 3 rings (SSSR count). The van der Waals surface area contributed by atoms with E-state index in [9.17, 15) is 9.18 Å². The van der Waals surface area contributed by atoms with Crippen LogP contribution in [0.2, 0.25) is 0 Å². The third-order valence-electron chi connectivity index (χ3n) is 4.62. The lowest BCUT2D eigenvalue weighted by Gasteiger charge is -2.36. The predicted octanol–water partition coefficient (Wildman–Crippen LogP) is 2.28. The molecule has 1 amide bonds. The number of rotatable bonds is 6. The SMILES string of the molecule is O=C(NCCCn1ccnc1)C1(c2ccc(F)cc2)CCOCC1. The largest absolute Gasteiger partial charge is 0.381 e. The van der Waals surface area contributed by atoms with Gasteiger partial charge in [0, 0.05) is 38.7 Å². The van der Waals surface area contributed by atoms with Gasteiger partial charge in [-0.3, -0.25) is 4.79 Å². The van der Waals surface area contributed by atoms with Crippen molar-refractivity contribution < 1.29 is 13.9 Å². The number of aromatic nitrogens is 2. The lowest BCUT2D eigenvalue weighted by Crippen LogP contribution is -2.48. The van der Waals surface area contributed by atoms with Gasteiger partial charge in [0.05, 0.1) is 11.7 Å². The molecule has 1 aliphatic heterocycles. The average molecular weight is 331 g/mol. The fraction of sp³-hybridized carbons (Fsp3) is 0.444. The van der Waals surface area contributed by atoms with E-state index in [1.807, 2.05) is 10.8 Å². The number of nitrogens with one attached hydrogen (secondary N) is 1. The molecule has 5 nitrogen and oxygen atoms in total. The Hall–Kier alpha value is -2.21.